The van der Waals surface area contributed by atoms with Crippen LogP contribution in [0.5, 0.6) is 5.75 Å². The summed E-state index contributed by atoms with van der Waals surface area (Å²) in [5, 5.41) is 13.9. The second-order valence-electron chi connectivity index (χ2n) is 6.16. The van der Waals surface area contributed by atoms with E-state index in [-0.39, 0.29) is 42.4 Å². The predicted octanol–water partition coefficient (Wildman–Crippen LogP) is 3.70. The quantitative estimate of drug-likeness (QED) is 0.378. The van der Waals surface area contributed by atoms with Crippen molar-refractivity contribution < 1.29 is 22.7 Å². The zero-order valence-electron chi connectivity index (χ0n) is 14.8. The summed E-state index contributed by atoms with van der Waals surface area (Å²) in [5.74, 6) is -0.501. The van der Waals surface area contributed by atoms with Gasteiger partial charge in [-0.1, -0.05) is 41.4 Å². The lowest BCUT2D eigenvalue weighted by atomic mass is 9.98. The maximum atomic E-state index is 13.0. The Balaban J connectivity index is 1.91. The normalized spacial score (nSPS) is 13.5. The third kappa shape index (κ3) is 3.00. The van der Waals surface area contributed by atoms with Gasteiger partial charge in [0.05, 0.1) is 17.7 Å². The van der Waals surface area contributed by atoms with Crippen LogP contribution in [0.15, 0.2) is 58.6 Å². The number of methoxy groups -OCH3 is 1. The highest BCUT2D eigenvalue weighted by atomic mass is 35.5. The number of pyridine rings is 1. The predicted molar refractivity (Wildman–Crippen MR) is 107 cm³/mol. The molecule has 2 heterocycles. The monoisotopic (exact) mass is 450 g/mol. The number of carbonyl (C=O) groups excluding carboxylic acids is 1. The number of amides is 1. The molecule has 1 N–H and O–H groups in total. The molecule has 0 radical (unpaired) electrons. The van der Waals surface area contributed by atoms with Crippen molar-refractivity contribution in [3.05, 3.63) is 69.6 Å². The molecule has 0 unspecified atom stereocenters. The Labute approximate surface area is 176 Å². The summed E-state index contributed by atoms with van der Waals surface area (Å²) in [5.41, 5.74) is 0.776. The van der Waals surface area contributed by atoms with Crippen molar-refractivity contribution in [2.75, 3.05) is 12.4 Å². The number of hydrogen-bond donors (Lipinski definition) is 1. The summed E-state index contributed by atoms with van der Waals surface area (Å²) in [6, 6.07) is 9.26. The molecule has 0 atom stereocenters. The van der Waals surface area contributed by atoms with Crippen LogP contribution in [-0.2, 0) is 9.84 Å². The minimum atomic E-state index is -3.86. The first-order valence-corrected chi connectivity index (χ1v) is 10.4. The van der Waals surface area contributed by atoms with Crippen LogP contribution in [0.25, 0.3) is 11.1 Å². The van der Waals surface area contributed by atoms with Crippen molar-refractivity contribution in [1.29, 1.82) is 0 Å². The fourth-order valence-corrected chi connectivity index (χ4v) is 5.65. The Morgan fingerprint density at radius 3 is 2.41 bits per heavy atom. The zero-order valence-corrected chi connectivity index (χ0v) is 17.1. The average molecular weight is 451 g/mol. The maximum absolute atomic E-state index is 13.0. The lowest BCUT2D eigenvalue weighted by molar-refractivity contribution is -0.605. The molecule has 0 spiro atoms. The number of sulfone groups is 1. The van der Waals surface area contributed by atoms with Crippen molar-refractivity contribution in [3.63, 3.8) is 0 Å². The van der Waals surface area contributed by atoms with Crippen LogP contribution in [0.1, 0.15) is 10.4 Å². The Bertz CT molecular complexity index is 1270. The molecular formula is C19H12Cl2N2O5S. The molecule has 2 aromatic carbocycles. The molecular weight excluding hydrogens is 439 g/mol. The van der Waals surface area contributed by atoms with E-state index in [0.29, 0.717) is 10.3 Å². The second-order valence-corrected chi connectivity index (χ2v) is 8.83. The molecule has 4 rings (SSSR count). The fraction of sp³-hybridized carbons (Fsp3) is 0.0526. The van der Waals surface area contributed by atoms with Crippen LogP contribution >= 0.6 is 23.2 Å². The number of nitrogens with zero attached hydrogens (tertiary/aromatic N) is 1. The second kappa shape index (κ2) is 6.91. The molecule has 0 fully saturated rings. The van der Waals surface area contributed by atoms with E-state index in [1.807, 2.05) is 0 Å². The Morgan fingerprint density at radius 2 is 1.76 bits per heavy atom. The lowest BCUT2D eigenvalue weighted by Crippen LogP contribution is -2.25. The number of nitrogens with one attached hydrogen (secondary N) is 1. The van der Waals surface area contributed by atoms with E-state index < -0.39 is 15.7 Å². The van der Waals surface area contributed by atoms with Gasteiger partial charge in [0.2, 0.25) is 22.2 Å². The van der Waals surface area contributed by atoms with Gasteiger partial charge >= 0.3 is 0 Å². The first kappa shape index (κ1) is 19.5. The number of anilines is 1. The summed E-state index contributed by atoms with van der Waals surface area (Å²) < 4.78 is 31.7. The zero-order chi connectivity index (χ0) is 20.9. The van der Waals surface area contributed by atoms with Gasteiger partial charge < -0.3 is 15.3 Å². The number of fused-ring (bicyclic) bond motifs is 3. The molecule has 0 bridgehead atoms. The van der Waals surface area contributed by atoms with Gasteiger partial charge in [0.1, 0.15) is 20.7 Å². The number of carbonyl (C=O) groups is 1. The molecule has 1 aliphatic rings. The number of ether oxygens (including phenoxy) is 1. The SMILES string of the molecule is COc1ccc(C(=O)Nc2c(Cl)c[n+]([O-])cc2Cl)c2c1S(=O)(=O)c1ccccc1-2. The molecule has 148 valence electrons. The molecule has 29 heavy (non-hydrogen) atoms. The average Bonchev–Trinajstić information content (AvgIpc) is 2.92. The standard InChI is InChI=1S/C19H12Cl2N2O5S/c1-28-14-7-6-11(19(24)22-17-12(20)8-23(25)9-13(17)21)16-10-4-2-3-5-15(10)29(26,27)18(14)16/h2-9H,1H3,(H,22,24). The summed E-state index contributed by atoms with van der Waals surface area (Å²) in [4.78, 5) is 13.1. The van der Waals surface area contributed by atoms with Gasteiger partial charge in [-0.05, 0) is 18.2 Å². The van der Waals surface area contributed by atoms with E-state index in [1.54, 1.807) is 18.2 Å². The Hall–Kier alpha value is -2.81. The summed E-state index contributed by atoms with van der Waals surface area (Å²) in [6.07, 6.45) is 2.09. The Kier molecular flexibility index (Phi) is 4.65. The number of aromatic nitrogens is 1. The van der Waals surface area contributed by atoms with E-state index in [0.717, 1.165) is 12.4 Å². The molecule has 7 nitrogen and oxygen atoms in total. The molecule has 3 aromatic rings. The first-order valence-electron chi connectivity index (χ1n) is 8.20. The Morgan fingerprint density at radius 1 is 1.10 bits per heavy atom. The topological polar surface area (TPSA) is 99.4 Å². The van der Waals surface area contributed by atoms with E-state index in [1.165, 1.54) is 25.3 Å². The van der Waals surface area contributed by atoms with Crippen LogP contribution in [0.4, 0.5) is 5.69 Å². The van der Waals surface area contributed by atoms with Crippen molar-refractivity contribution in [1.82, 2.24) is 0 Å². The van der Waals surface area contributed by atoms with Gasteiger partial charge in [-0.2, -0.15) is 4.73 Å². The van der Waals surface area contributed by atoms with Gasteiger partial charge in [-0.25, -0.2) is 8.42 Å². The highest BCUT2D eigenvalue weighted by Crippen LogP contribution is 2.49. The van der Waals surface area contributed by atoms with Gasteiger partial charge in [-0.15, -0.1) is 0 Å². The number of hydrogen-bond acceptors (Lipinski definition) is 5. The van der Waals surface area contributed by atoms with Crippen LogP contribution in [0.2, 0.25) is 10.0 Å². The van der Waals surface area contributed by atoms with Crippen molar-refractivity contribution in [2.24, 2.45) is 0 Å². The van der Waals surface area contributed by atoms with Crippen molar-refractivity contribution in [2.45, 2.75) is 9.79 Å². The third-order valence-corrected chi connectivity index (χ3v) is 6.95. The smallest absolute Gasteiger partial charge is 0.256 e. The van der Waals surface area contributed by atoms with E-state index in [2.05, 4.69) is 5.32 Å². The number of rotatable bonds is 3. The molecule has 1 aliphatic heterocycles. The van der Waals surface area contributed by atoms with Crippen LogP contribution < -0.4 is 14.8 Å². The van der Waals surface area contributed by atoms with Crippen LogP contribution in [0.3, 0.4) is 0 Å². The van der Waals surface area contributed by atoms with Gasteiger partial charge in [-0.3, -0.25) is 4.79 Å². The maximum Gasteiger partial charge on any atom is 0.256 e. The highest BCUT2D eigenvalue weighted by Gasteiger charge is 2.38. The van der Waals surface area contributed by atoms with Crippen molar-refractivity contribution >= 4 is 44.6 Å². The lowest BCUT2D eigenvalue weighted by Gasteiger charge is -2.13. The molecule has 10 heteroatoms. The molecule has 0 saturated heterocycles. The van der Waals surface area contributed by atoms with Gasteiger partial charge in [0, 0.05) is 16.7 Å². The van der Waals surface area contributed by atoms with E-state index in [9.17, 15) is 18.4 Å². The fourth-order valence-electron chi connectivity index (χ4n) is 3.27. The van der Waals surface area contributed by atoms with Gasteiger partial charge in [0.15, 0.2) is 0 Å². The first-order chi connectivity index (χ1) is 13.8. The summed E-state index contributed by atoms with van der Waals surface area (Å²) >= 11 is 12.0. The molecule has 0 saturated carbocycles. The molecule has 1 aromatic heterocycles. The van der Waals surface area contributed by atoms with Crippen LogP contribution in [-0.4, -0.2) is 21.4 Å². The summed E-state index contributed by atoms with van der Waals surface area (Å²) in [6.45, 7) is 0. The van der Waals surface area contributed by atoms with E-state index in [4.69, 9.17) is 27.9 Å². The number of halogens is 2. The van der Waals surface area contributed by atoms with E-state index >= 15 is 0 Å². The molecule has 1 amide bonds. The van der Waals surface area contributed by atoms with Gasteiger partial charge in [0.25, 0.3) is 5.91 Å². The minimum Gasteiger partial charge on any atom is -0.619 e. The van der Waals surface area contributed by atoms with Crippen LogP contribution in [0, 0.1) is 5.21 Å². The minimum absolute atomic E-state index is 0.0455. The molecule has 0 aliphatic carbocycles. The summed E-state index contributed by atoms with van der Waals surface area (Å²) in [7, 11) is -2.50. The number of benzene rings is 2. The third-order valence-electron chi connectivity index (χ3n) is 4.50. The van der Waals surface area contributed by atoms with Crippen molar-refractivity contribution in [3.8, 4) is 16.9 Å². The highest BCUT2D eigenvalue weighted by molar-refractivity contribution is 7.92. The largest absolute Gasteiger partial charge is 0.619 e.